The van der Waals surface area contributed by atoms with Gasteiger partial charge < -0.3 is 9.52 Å². The molecule has 0 aliphatic heterocycles. The first kappa shape index (κ1) is 21.1. The van der Waals surface area contributed by atoms with Crippen LogP contribution in [0.5, 0.6) is 5.75 Å². The average Bonchev–Trinajstić information content (AvgIpc) is 3.15. The summed E-state index contributed by atoms with van der Waals surface area (Å²) in [5.74, 6) is 0.349. The number of phenolic OH excluding ortho intramolecular Hbond substituents is 1. The molecule has 0 unspecified atom stereocenters. The van der Waals surface area contributed by atoms with E-state index in [0.717, 1.165) is 16.7 Å². The number of allylic oxidation sites excluding steroid dienone is 1. The van der Waals surface area contributed by atoms with Crippen molar-refractivity contribution >= 4 is 28.6 Å². The second-order valence-electron chi connectivity index (χ2n) is 5.75. The van der Waals surface area contributed by atoms with Crippen LogP contribution in [0, 0.1) is 13.8 Å². The highest BCUT2D eigenvalue weighted by Gasteiger charge is 2.14. The van der Waals surface area contributed by atoms with E-state index in [1.807, 2.05) is 37.3 Å². The molecule has 6 nitrogen and oxygen atoms in total. The first-order chi connectivity index (χ1) is 13.4. The van der Waals surface area contributed by atoms with Crippen molar-refractivity contribution in [1.29, 1.82) is 0 Å². The summed E-state index contributed by atoms with van der Waals surface area (Å²) >= 11 is 1.06. The first-order valence-corrected chi connectivity index (χ1v) is 9.28. The maximum Gasteiger partial charge on any atom is 0.341 e. The fraction of sp³-hybridized carbons (Fsp3) is 0.143. The molecule has 0 radical (unpaired) electrons. The summed E-state index contributed by atoms with van der Waals surface area (Å²) in [6.07, 6.45) is 3.08. The predicted molar refractivity (Wildman–Crippen MR) is 111 cm³/mol. The molecular weight excluding hydrogens is 374 g/mol. The normalized spacial score (nSPS) is 10.4. The molecule has 0 saturated carbocycles. The Labute approximate surface area is 168 Å². The molecule has 144 valence electrons. The summed E-state index contributed by atoms with van der Waals surface area (Å²) in [6, 6.07) is 12.7. The number of aryl methyl sites for hydroxylation is 2. The Morgan fingerprint density at radius 3 is 2.39 bits per heavy atom. The van der Waals surface area contributed by atoms with E-state index >= 15 is 0 Å². The molecule has 1 N–H and O–H groups in total. The Morgan fingerprint density at radius 1 is 1.18 bits per heavy atom. The lowest BCUT2D eigenvalue weighted by Crippen LogP contribution is -1.89. The molecule has 0 spiro atoms. The van der Waals surface area contributed by atoms with Crippen LogP contribution >= 0.6 is 11.8 Å². The number of oxazole rings is 1. The number of hydrogen-bond donors (Lipinski definition) is 1. The van der Waals surface area contributed by atoms with Crippen LogP contribution in [0.4, 0.5) is 11.7 Å². The minimum absolute atomic E-state index is 0.000364. The monoisotopic (exact) mass is 395 g/mol. The van der Waals surface area contributed by atoms with Gasteiger partial charge in [-0.15, -0.1) is 11.7 Å². The van der Waals surface area contributed by atoms with Crippen LogP contribution < -0.4 is 0 Å². The van der Waals surface area contributed by atoms with E-state index < -0.39 is 0 Å². The molecule has 0 bridgehead atoms. The molecule has 3 rings (SSSR count). The van der Waals surface area contributed by atoms with Gasteiger partial charge in [-0.1, -0.05) is 29.4 Å². The van der Waals surface area contributed by atoms with Crippen LogP contribution in [0.2, 0.25) is 0 Å². The lowest BCUT2D eigenvalue weighted by molar-refractivity contribution is 0.106. The van der Waals surface area contributed by atoms with Crippen molar-refractivity contribution in [1.82, 2.24) is 4.98 Å². The summed E-state index contributed by atoms with van der Waals surface area (Å²) in [4.78, 5) is 16.9. The maximum absolute atomic E-state index is 12.2. The van der Waals surface area contributed by atoms with Crippen LogP contribution in [-0.2, 0) is 0 Å². The number of nitrogens with zero attached hydrogens (tertiary/aromatic N) is 3. The number of carbonyl (C=O) groups is 1. The lowest BCUT2D eigenvalue weighted by atomic mass is 10.1. The Balaban J connectivity index is 0.000000878. The fourth-order valence-electron chi connectivity index (χ4n) is 2.14. The third-order valence-electron chi connectivity index (χ3n) is 3.38. The zero-order valence-corrected chi connectivity index (χ0v) is 16.7. The molecule has 3 aromatic rings. The van der Waals surface area contributed by atoms with E-state index in [4.69, 9.17) is 4.42 Å². The Hall–Kier alpha value is -3.19. The van der Waals surface area contributed by atoms with Crippen LogP contribution in [0.15, 0.2) is 80.9 Å². The first-order valence-electron chi connectivity index (χ1n) is 8.46. The van der Waals surface area contributed by atoms with E-state index in [0.29, 0.717) is 16.8 Å². The minimum Gasteiger partial charge on any atom is -0.507 e. The summed E-state index contributed by atoms with van der Waals surface area (Å²) < 4.78 is 5.33. The Kier molecular flexibility index (Phi) is 7.71. The van der Waals surface area contributed by atoms with E-state index in [9.17, 15) is 9.90 Å². The zero-order valence-electron chi connectivity index (χ0n) is 15.9. The van der Waals surface area contributed by atoms with Gasteiger partial charge in [-0.25, -0.2) is 0 Å². The molecule has 0 amide bonds. The number of hydrogen-bond acceptors (Lipinski definition) is 7. The standard InChI is InChI=1S/C18H15N3O3S.C3H6/c1-11-8-13(9-12(2)16(11)22)20-21-18-19-10-15(24-18)17(23)25-14-6-4-3-5-7-14;1-3-2/h3-10,22H,1-2H3;3H,1H2,2H3. The third kappa shape index (κ3) is 5.92. The predicted octanol–water partition coefficient (Wildman–Crippen LogP) is 6.54. The minimum atomic E-state index is -0.253. The number of carbonyl (C=O) groups excluding carboxylic acids is 1. The highest BCUT2D eigenvalue weighted by molar-refractivity contribution is 8.14. The van der Waals surface area contributed by atoms with Crippen LogP contribution in [-0.4, -0.2) is 15.2 Å². The number of azo groups is 1. The maximum atomic E-state index is 12.2. The van der Waals surface area contributed by atoms with Gasteiger partial charge in [-0.2, -0.15) is 4.98 Å². The van der Waals surface area contributed by atoms with Gasteiger partial charge in [0.25, 0.3) is 5.12 Å². The van der Waals surface area contributed by atoms with Crippen LogP contribution in [0.25, 0.3) is 0 Å². The summed E-state index contributed by atoms with van der Waals surface area (Å²) in [6.45, 7) is 8.81. The van der Waals surface area contributed by atoms with Gasteiger partial charge in [-0.3, -0.25) is 4.79 Å². The van der Waals surface area contributed by atoms with Crippen molar-refractivity contribution < 1.29 is 14.3 Å². The molecule has 2 aromatic carbocycles. The van der Waals surface area contributed by atoms with Crippen molar-refractivity contribution in [3.8, 4) is 5.75 Å². The van der Waals surface area contributed by atoms with Crippen molar-refractivity contribution in [2.75, 3.05) is 0 Å². The second kappa shape index (κ2) is 10.2. The topological polar surface area (TPSA) is 88.0 Å². The smallest absolute Gasteiger partial charge is 0.341 e. The van der Waals surface area contributed by atoms with Gasteiger partial charge in [0.15, 0.2) is 0 Å². The Morgan fingerprint density at radius 2 is 1.79 bits per heavy atom. The average molecular weight is 395 g/mol. The van der Waals surface area contributed by atoms with Gasteiger partial charge >= 0.3 is 6.01 Å². The molecule has 0 aliphatic carbocycles. The molecule has 0 fully saturated rings. The van der Waals surface area contributed by atoms with Crippen molar-refractivity contribution in [3.63, 3.8) is 0 Å². The quantitative estimate of drug-likeness (QED) is 0.308. The number of benzene rings is 2. The van der Waals surface area contributed by atoms with E-state index in [-0.39, 0.29) is 22.6 Å². The SMILES string of the molecule is C=CC.Cc1cc(N=Nc2ncc(C(=O)Sc3ccccc3)o2)cc(C)c1O. The zero-order chi connectivity index (χ0) is 20.5. The summed E-state index contributed by atoms with van der Waals surface area (Å²) in [7, 11) is 0. The largest absolute Gasteiger partial charge is 0.507 e. The van der Waals surface area contributed by atoms with Gasteiger partial charge in [-0.05, 0) is 67.9 Å². The van der Waals surface area contributed by atoms with E-state index in [1.165, 1.54) is 6.20 Å². The summed E-state index contributed by atoms with van der Waals surface area (Å²) in [5.41, 5.74) is 1.98. The highest BCUT2D eigenvalue weighted by Crippen LogP contribution is 2.29. The lowest BCUT2D eigenvalue weighted by Gasteiger charge is -2.03. The fourth-order valence-corrected chi connectivity index (χ4v) is 2.84. The van der Waals surface area contributed by atoms with E-state index in [2.05, 4.69) is 21.8 Å². The third-order valence-corrected chi connectivity index (χ3v) is 4.27. The number of aromatic hydroxyl groups is 1. The van der Waals surface area contributed by atoms with Crippen molar-refractivity contribution in [3.05, 3.63) is 78.2 Å². The van der Waals surface area contributed by atoms with Crippen LogP contribution in [0.3, 0.4) is 0 Å². The van der Waals surface area contributed by atoms with Gasteiger partial charge in [0.05, 0.1) is 11.9 Å². The van der Waals surface area contributed by atoms with Crippen molar-refractivity contribution in [2.45, 2.75) is 25.7 Å². The van der Waals surface area contributed by atoms with Gasteiger partial charge in [0.2, 0.25) is 5.76 Å². The number of thioether (sulfide) groups is 1. The van der Waals surface area contributed by atoms with Gasteiger partial charge in [0.1, 0.15) is 5.75 Å². The molecule has 0 atom stereocenters. The Bertz CT molecular complexity index is 959. The van der Waals surface area contributed by atoms with E-state index in [1.54, 1.807) is 32.1 Å². The molecule has 28 heavy (non-hydrogen) atoms. The molecular formula is C21H21N3O3S. The molecule has 0 saturated heterocycles. The molecule has 1 aromatic heterocycles. The van der Waals surface area contributed by atoms with Crippen molar-refractivity contribution in [2.24, 2.45) is 10.2 Å². The highest BCUT2D eigenvalue weighted by atomic mass is 32.2. The molecule has 1 heterocycles. The molecule has 0 aliphatic rings. The second-order valence-corrected chi connectivity index (χ2v) is 6.79. The molecule has 7 heteroatoms. The number of aromatic nitrogens is 1. The number of phenols is 1. The number of rotatable bonds is 4. The summed E-state index contributed by atoms with van der Waals surface area (Å²) in [5, 5.41) is 17.4. The van der Waals surface area contributed by atoms with Gasteiger partial charge in [0, 0.05) is 4.90 Å². The van der Waals surface area contributed by atoms with Crippen LogP contribution in [0.1, 0.15) is 28.6 Å².